The van der Waals surface area contributed by atoms with Crippen molar-refractivity contribution in [2.24, 2.45) is 11.8 Å². The summed E-state index contributed by atoms with van der Waals surface area (Å²) < 4.78 is 0. The van der Waals surface area contributed by atoms with E-state index in [2.05, 4.69) is 113 Å². The van der Waals surface area contributed by atoms with Gasteiger partial charge in [0, 0.05) is 10.8 Å². The van der Waals surface area contributed by atoms with Gasteiger partial charge in [0.1, 0.15) is 0 Å². The predicted molar refractivity (Wildman–Crippen MR) is 129 cm³/mol. The van der Waals surface area contributed by atoms with Crippen molar-refractivity contribution in [3.05, 3.63) is 102 Å². The molecule has 0 nitrogen and oxygen atoms in total. The first kappa shape index (κ1) is 21.7. The molecule has 3 aromatic rings. The highest BCUT2D eigenvalue weighted by Crippen LogP contribution is 2.40. The molecule has 4 rings (SSSR count). The quantitative estimate of drug-likeness (QED) is 0.422. The largest absolute Gasteiger partial charge is 0.126 e. The summed E-state index contributed by atoms with van der Waals surface area (Å²) in [5, 5.41) is 0. The van der Waals surface area contributed by atoms with Gasteiger partial charge in [-0.05, 0) is 52.7 Å². The van der Waals surface area contributed by atoms with E-state index >= 15 is 0 Å². The predicted octanol–water partition coefficient (Wildman–Crippen LogP) is 8.40. The van der Waals surface area contributed by atoms with Crippen LogP contribution in [-0.4, -0.2) is 5.75 Å². The molecule has 0 fully saturated rings. The minimum atomic E-state index is 0.502. The average molecular weight is 403 g/mol. The van der Waals surface area contributed by atoms with Gasteiger partial charge in [-0.2, -0.15) is 0 Å². The van der Waals surface area contributed by atoms with Gasteiger partial charge in [0.05, 0.1) is 0 Å². The van der Waals surface area contributed by atoms with Crippen molar-refractivity contribution in [3.8, 4) is 0 Å². The van der Waals surface area contributed by atoms with E-state index in [9.17, 15) is 0 Å². The lowest BCUT2D eigenvalue weighted by Crippen LogP contribution is -2.12. The molecular weight excluding hydrogens is 368 g/mol. The molecule has 3 aromatic carbocycles. The van der Waals surface area contributed by atoms with E-state index in [-0.39, 0.29) is 0 Å². The molecule has 0 aromatic heterocycles. The zero-order chi connectivity index (χ0) is 20.6. The molecule has 29 heavy (non-hydrogen) atoms. The maximum Gasteiger partial charge on any atom is 0.0112 e. The molecule has 152 valence electrons. The Bertz CT molecular complexity index is 812. The Hall–Kier alpha value is -1.99. The Morgan fingerprint density at radius 1 is 0.690 bits per heavy atom. The molecule has 0 bridgehead atoms. The standard InChI is InChI=1S/C16H18.C12H16S/c1-13(2)16(14-9-5-3-6-10-14)15-11-7-4-8-12-15;1-9(2)10-7-8-13-12-6-4-3-5-11(10)12/h3-13,16H,1-2H3;3-6,9-10H,7-8H2,1-2H3. The van der Waals surface area contributed by atoms with Gasteiger partial charge < -0.3 is 0 Å². The molecule has 0 radical (unpaired) electrons. The van der Waals surface area contributed by atoms with E-state index in [0.29, 0.717) is 11.8 Å². The minimum Gasteiger partial charge on any atom is -0.126 e. The normalized spacial score (nSPS) is 15.8. The van der Waals surface area contributed by atoms with Gasteiger partial charge >= 0.3 is 0 Å². The fourth-order valence-corrected chi connectivity index (χ4v) is 5.50. The lowest BCUT2D eigenvalue weighted by molar-refractivity contribution is 0.477. The fourth-order valence-electron chi connectivity index (χ4n) is 4.35. The molecule has 1 heteroatoms. The fraction of sp³-hybridized carbons (Fsp3) is 0.357. The first-order chi connectivity index (χ1) is 14.1. The van der Waals surface area contributed by atoms with Crippen LogP contribution in [0.15, 0.2) is 89.8 Å². The highest BCUT2D eigenvalue weighted by molar-refractivity contribution is 7.99. The highest BCUT2D eigenvalue weighted by Gasteiger charge is 2.22. The Labute approximate surface area is 181 Å². The van der Waals surface area contributed by atoms with Crippen LogP contribution >= 0.6 is 11.8 Å². The second-order valence-electron chi connectivity index (χ2n) is 8.57. The molecule has 0 spiro atoms. The highest BCUT2D eigenvalue weighted by atomic mass is 32.2. The van der Waals surface area contributed by atoms with Crippen molar-refractivity contribution >= 4 is 11.8 Å². The molecule has 0 N–H and O–H groups in total. The van der Waals surface area contributed by atoms with E-state index < -0.39 is 0 Å². The summed E-state index contributed by atoms with van der Waals surface area (Å²) in [7, 11) is 0. The van der Waals surface area contributed by atoms with E-state index in [1.807, 2.05) is 11.8 Å². The smallest absolute Gasteiger partial charge is 0.0112 e. The zero-order valence-corrected chi connectivity index (χ0v) is 19.0. The third kappa shape index (κ3) is 5.76. The van der Waals surface area contributed by atoms with Gasteiger partial charge in [-0.15, -0.1) is 11.8 Å². The second-order valence-corrected chi connectivity index (χ2v) is 9.71. The Balaban J connectivity index is 0.000000169. The van der Waals surface area contributed by atoms with Crippen molar-refractivity contribution in [1.29, 1.82) is 0 Å². The Morgan fingerprint density at radius 2 is 1.21 bits per heavy atom. The van der Waals surface area contributed by atoms with Gasteiger partial charge in [0.25, 0.3) is 0 Å². The van der Waals surface area contributed by atoms with Gasteiger partial charge in [0.2, 0.25) is 0 Å². The zero-order valence-electron chi connectivity index (χ0n) is 18.2. The number of hydrogen-bond donors (Lipinski definition) is 0. The summed E-state index contributed by atoms with van der Waals surface area (Å²) in [5.41, 5.74) is 4.39. The van der Waals surface area contributed by atoms with Crippen molar-refractivity contribution in [2.75, 3.05) is 5.75 Å². The third-order valence-electron chi connectivity index (χ3n) is 5.79. The van der Waals surface area contributed by atoms with E-state index in [1.165, 1.54) is 28.2 Å². The summed E-state index contributed by atoms with van der Waals surface area (Å²) >= 11 is 2.01. The van der Waals surface area contributed by atoms with E-state index in [1.54, 1.807) is 5.56 Å². The molecule has 1 heterocycles. The van der Waals surface area contributed by atoms with Crippen LogP contribution in [0.3, 0.4) is 0 Å². The minimum absolute atomic E-state index is 0.502. The maximum absolute atomic E-state index is 2.33. The van der Waals surface area contributed by atoms with Crippen molar-refractivity contribution in [3.63, 3.8) is 0 Å². The number of benzene rings is 3. The SMILES string of the molecule is CC(C)C(c1ccccc1)c1ccccc1.CC(C)C1CCSc2ccccc21. The van der Waals surface area contributed by atoms with Crippen molar-refractivity contribution < 1.29 is 0 Å². The van der Waals surface area contributed by atoms with Crippen LogP contribution < -0.4 is 0 Å². The second kappa shape index (κ2) is 10.7. The average Bonchev–Trinajstić information content (AvgIpc) is 2.75. The summed E-state index contributed by atoms with van der Waals surface area (Å²) in [6.07, 6.45) is 1.35. The Morgan fingerprint density at radius 3 is 1.72 bits per heavy atom. The van der Waals surface area contributed by atoms with Gasteiger partial charge in [-0.1, -0.05) is 107 Å². The van der Waals surface area contributed by atoms with Crippen LogP contribution in [0.1, 0.15) is 62.6 Å². The number of rotatable bonds is 4. The number of hydrogen-bond acceptors (Lipinski definition) is 1. The molecule has 0 amide bonds. The summed E-state index contributed by atoms with van der Waals surface area (Å²) in [4.78, 5) is 1.51. The molecule has 1 unspecified atom stereocenters. The lowest BCUT2D eigenvalue weighted by atomic mass is 9.83. The summed E-state index contributed by atoms with van der Waals surface area (Å²) in [5.74, 6) is 3.98. The van der Waals surface area contributed by atoms with Crippen LogP contribution in [0, 0.1) is 11.8 Å². The first-order valence-corrected chi connectivity index (χ1v) is 11.9. The summed E-state index contributed by atoms with van der Waals surface area (Å²) in [6.45, 7) is 9.23. The molecule has 1 aliphatic rings. The van der Waals surface area contributed by atoms with E-state index in [4.69, 9.17) is 0 Å². The molecule has 1 atom stereocenters. The van der Waals surface area contributed by atoms with Gasteiger partial charge in [-0.3, -0.25) is 0 Å². The van der Waals surface area contributed by atoms with Gasteiger partial charge in [-0.25, -0.2) is 0 Å². The Kier molecular flexibility index (Phi) is 8.00. The molecule has 0 saturated heterocycles. The van der Waals surface area contributed by atoms with Crippen LogP contribution in [0.4, 0.5) is 0 Å². The van der Waals surface area contributed by atoms with E-state index in [0.717, 1.165) is 11.8 Å². The topological polar surface area (TPSA) is 0 Å². The maximum atomic E-state index is 2.33. The lowest BCUT2D eigenvalue weighted by Gasteiger charge is -2.27. The molecule has 0 saturated carbocycles. The summed E-state index contributed by atoms with van der Waals surface area (Å²) in [6, 6.07) is 30.4. The van der Waals surface area contributed by atoms with Crippen LogP contribution in [0.25, 0.3) is 0 Å². The molecule has 0 aliphatic carbocycles. The van der Waals surface area contributed by atoms with Crippen molar-refractivity contribution in [1.82, 2.24) is 0 Å². The number of fused-ring (bicyclic) bond motifs is 1. The molecular formula is C28H34S. The van der Waals surface area contributed by atoms with Crippen LogP contribution in [0.5, 0.6) is 0 Å². The van der Waals surface area contributed by atoms with Crippen LogP contribution in [-0.2, 0) is 0 Å². The number of thioether (sulfide) groups is 1. The van der Waals surface area contributed by atoms with Crippen molar-refractivity contribution in [2.45, 2.75) is 50.8 Å². The van der Waals surface area contributed by atoms with Crippen LogP contribution in [0.2, 0.25) is 0 Å². The first-order valence-electron chi connectivity index (χ1n) is 10.9. The molecule has 1 aliphatic heterocycles. The van der Waals surface area contributed by atoms with Gasteiger partial charge in [0.15, 0.2) is 0 Å². The third-order valence-corrected chi connectivity index (χ3v) is 6.92. The monoisotopic (exact) mass is 402 g/mol.